The number of rotatable bonds is 2. The van der Waals surface area contributed by atoms with Crippen LogP contribution in [0.4, 0.5) is 4.39 Å². The second-order valence-corrected chi connectivity index (χ2v) is 3.41. The summed E-state index contributed by atoms with van der Waals surface area (Å²) in [7, 11) is 0. The van der Waals surface area contributed by atoms with Crippen LogP contribution in [0.1, 0.15) is 10.4 Å². The number of pyridine rings is 1. The molecule has 0 fully saturated rings. The summed E-state index contributed by atoms with van der Waals surface area (Å²) in [6.45, 7) is 0. The van der Waals surface area contributed by atoms with Crippen molar-refractivity contribution in [1.82, 2.24) is 4.98 Å². The van der Waals surface area contributed by atoms with Crippen LogP contribution in [0.2, 0.25) is 0 Å². The molecular formula is C12H8FNO3. The number of nitrogens with one attached hydrogen (secondary N) is 1. The molecule has 1 aromatic carbocycles. The Hall–Kier alpha value is -2.43. The van der Waals surface area contributed by atoms with Crippen molar-refractivity contribution in [3.63, 3.8) is 0 Å². The van der Waals surface area contributed by atoms with Gasteiger partial charge < -0.3 is 10.1 Å². The van der Waals surface area contributed by atoms with Crippen LogP contribution in [0.25, 0.3) is 11.1 Å². The number of carbonyl (C=O) groups is 1. The number of aromatic carboxylic acids is 1. The van der Waals surface area contributed by atoms with Gasteiger partial charge in [0, 0.05) is 11.8 Å². The third-order valence-corrected chi connectivity index (χ3v) is 2.33. The Kier molecular flexibility index (Phi) is 2.74. The number of aromatic nitrogens is 1. The van der Waals surface area contributed by atoms with Crippen molar-refractivity contribution in [2.75, 3.05) is 0 Å². The van der Waals surface area contributed by atoms with E-state index in [0.29, 0.717) is 11.1 Å². The molecule has 0 unspecified atom stereocenters. The maximum Gasteiger partial charge on any atom is 0.338 e. The quantitative estimate of drug-likeness (QED) is 0.831. The van der Waals surface area contributed by atoms with Crippen molar-refractivity contribution in [2.45, 2.75) is 0 Å². The van der Waals surface area contributed by atoms with E-state index in [2.05, 4.69) is 4.98 Å². The summed E-state index contributed by atoms with van der Waals surface area (Å²) in [5.74, 6) is -2.20. The Labute approximate surface area is 95.4 Å². The first kappa shape index (κ1) is 11.1. The van der Waals surface area contributed by atoms with E-state index >= 15 is 0 Å². The molecule has 2 N–H and O–H groups in total. The van der Waals surface area contributed by atoms with Gasteiger partial charge in [0.2, 0.25) is 0 Å². The molecule has 4 nitrogen and oxygen atoms in total. The molecular weight excluding hydrogens is 225 g/mol. The van der Waals surface area contributed by atoms with E-state index in [1.807, 2.05) is 0 Å². The van der Waals surface area contributed by atoms with Gasteiger partial charge in [-0.2, -0.15) is 0 Å². The highest BCUT2D eigenvalue weighted by atomic mass is 19.1. The zero-order valence-corrected chi connectivity index (χ0v) is 8.61. The third kappa shape index (κ3) is 2.08. The van der Waals surface area contributed by atoms with Crippen molar-refractivity contribution >= 4 is 5.97 Å². The predicted octanol–water partition coefficient (Wildman–Crippen LogP) is 1.88. The van der Waals surface area contributed by atoms with Crippen molar-refractivity contribution in [3.05, 3.63) is 58.3 Å². The fourth-order valence-electron chi connectivity index (χ4n) is 1.50. The number of H-pyrrole nitrogens is 1. The Bertz CT molecular complexity index is 634. The van der Waals surface area contributed by atoms with E-state index in [-0.39, 0.29) is 5.56 Å². The lowest BCUT2D eigenvalue weighted by Crippen LogP contribution is -2.08. The van der Waals surface area contributed by atoms with Gasteiger partial charge in [0.1, 0.15) is 5.82 Å². The fraction of sp³-hybridized carbons (Fsp3) is 0. The van der Waals surface area contributed by atoms with Crippen molar-refractivity contribution in [1.29, 1.82) is 0 Å². The molecule has 0 aliphatic carbocycles. The molecule has 0 aliphatic rings. The normalized spacial score (nSPS) is 10.2. The van der Waals surface area contributed by atoms with Crippen molar-refractivity contribution in [2.24, 2.45) is 0 Å². The maximum absolute atomic E-state index is 13.4. The molecule has 0 saturated carbocycles. The number of benzene rings is 1. The number of carboxylic acid groups (broad SMARTS) is 1. The highest BCUT2D eigenvalue weighted by Crippen LogP contribution is 2.18. The lowest BCUT2D eigenvalue weighted by molar-refractivity contribution is 0.0692. The largest absolute Gasteiger partial charge is 0.478 e. The van der Waals surface area contributed by atoms with Gasteiger partial charge in [0.05, 0.1) is 5.56 Å². The van der Waals surface area contributed by atoms with Gasteiger partial charge in [-0.1, -0.05) is 6.07 Å². The molecule has 17 heavy (non-hydrogen) atoms. The lowest BCUT2D eigenvalue weighted by Gasteiger charge is -2.02. The highest BCUT2D eigenvalue weighted by molar-refractivity contribution is 5.88. The fourth-order valence-corrected chi connectivity index (χ4v) is 1.50. The SMILES string of the molecule is O=C(O)c1ccc(-c2ccc[nH]c2=O)cc1F. The Morgan fingerprint density at radius 1 is 1.29 bits per heavy atom. The molecule has 0 radical (unpaired) electrons. The van der Waals surface area contributed by atoms with E-state index in [1.165, 1.54) is 18.3 Å². The molecule has 0 spiro atoms. The molecule has 1 aromatic heterocycles. The average molecular weight is 233 g/mol. The smallest absolute Gasteiger partial charge is 0.338 e. The van der Waals surface area contributed by atoms with Crippen LogP contribution in [0.5, 0.6) is 0 Å². The first-order chi connectivity index (χ1) is 8.09. The zero-order chi connectivity index (χ0) is 12.4. The highest BCUT2D eigenvalue weighted by Gasteiger charge is 2.12. The van der Waals surface area contributed by atoms with Crippen molar-refractivity contribution < 1.29 is 14.3 Å². The molecule has 0 amide bonds. The van der Waals surface area contributed by atoms with Gasteiger partial charge in [-0.15, -0.1) is 0 Å². The van der Waals surface area contributed by atoms with Crippen LogP contribution in [-0.4, -0.2) is 16.1 Å². The molecule has 0 bridgehead atoms. The van der Waals surface area contributed by atoms with Crippen LogP contribution in [0.15, 0.2) is 41.3 Å². The van der Waals surface area contributed by atoms with Crippen LogP contribution >= 0.6 is 0 Å². The summed E-state index contributed by atoms with van der Waals surface area (Å²) in [5.41, 5.74) is -0.131. The molecule has 5 heteroatoms. The van der Waals surface area contributed by atoms with E-state index in [4.69, 9.17) is 5.11 Å². The second kappa shape index (κ2) is 4.21. The molecule has 2 aromatic rings. The third-order valence-electron chi connectivity index (χ3n) is 2.33. The van der Waals surface area contributed by atoms with Gasteiger partial charge in [-0.25, -0.2) is 9.18 Å². The van der Waals surface area contributed by atoms with Crippen LogP contribution in [-0.2, 0) is 0 Å². The molecule has 0 saturated heterocycles. The minimum atomic E-state index is -1.34. The maximum atomic E-state index is 13.4. The van der Waals surface area contributed by atoms with E-state index < -0.39 is 17.3 Å². The van der Waals surface area contributed by atoms with E-state index in [1.54, 1.807) is 6.07 Å². The average Bonchev–Trinajstić information content (AvgIpc) is 2.29. The Balaban J connectivity index is 2.56. The zero-order valence-electron chi connectivity index (χ0n) is 8.61. The van der Waals surface area contributed by atoms with Gasteiger partial charge in [-0.05, 0) is 29.8 Å². The summed E-state index contributed by atoms with van der Waals surface area (Å²) in [4.78, 5) is 24.5. The van der Waals surface area contributed by atoms with Crippen LogP contribution in [0.3, 0.4) is 0 Å². The van der Waals surface area contributed by atoms with E-state index in [0.717, 1.165) is 12.1 Å². The summed E-state index contributed by atoms with van der Waals surface area (Å²) >= 11 is 0. The summed E-state index contributed by atoms with van der Waals surface area (Å²) in [6.07, 6.45) is 1.47. The van der Waals surface area contributed by atoms with Crippen molar-refractivity contribution in [3.8, 4) is 11.1 Å². The number of halogens is 1. The Morgan fingerprint density at radius 3 is 2.65 bits per heavy atom. The first-order valence-electron chi connectivity index (χ1n) is 4.80. The summed E-state index contributed by atoms with van der Waals surface area (Å²) < 4.78 is 13.4. The number of carboxylic acids is 1. The molecule has 86 valence electrons. The minimum Gasteiger partial charge on any atom is -0.478 e. The summed E-state index contributed by atoms with van der Waals surface area (Å²) in [6, 6.07) is 6.72. The van der Waals surface area contributed by atoms with Gasteiger partial charge >= 0.3 is 5.97 Å². The minimum absolute atomic E-state index is 0.295. The predicted molar refractivity (Wildman–Crippen MR) is 59.4 cm³/mol. The van der Waals surface area contributed by atoms with Crippen LogP contribution < -0.4 is 5.56 Å². The Morgan fingerprint density at radius 2 is 2.06 bits per heavy atom. The van der Waals surface area contributed by atoms with E-state index in [9.17, 15) is 14.0 Å². The number of hydrogen-bond acceptors (Lipinski definition) is 2. The first-order valence-corrected chi connectivity index (χ1v) is 4.80. The van der Waals surface area contributed by atoms with Gasteiger partial charge in [-0.3, -0.25) is 4.79 Å². The molecule has 0 atom stereocenters. The standard InChI is InChI=1S/C12H8FNO3/c13-10-6-7(3-4-9(10)12(16)17)8-2-1-5-14-11(8)15/h1-6H,(H,14,15)(H,16,17). The summed E-state index contributed by atoms with van der Waals surface area (Å²) in [5, 5.41) is 8.67. The number of aromatic amines is 1. The van der Waals surface area contributed by atoms with Crippen LogP contribution in [0, 0.1) is 5.82 Å². The molecule has 1 heterocycles. The molecule has 0 aliphatic heterocycles. The monoisotopic (exact) mass is 233 g/mol. The van der Waals surface area contributed by atoms with Gasteiger partial charge in [0.15, 0.2) is 0 Å². The molecule has 2 rings (SSSR count). The topological polar surface area (TPSA) is 70.2 Å². The number of hydrogen-bond donors (Lipinski definition) is 2. The van der Waals surface area contributed by atoms with Gasteiger partial charge in [0.25, 0.3) is 5.56 Å². The second-order valence-electron chi connectivity index (χ2n) is 3.41. The lowest BCUT2D eigenvalue weighted by atomic mass is 10.0.